The largest absolute Gasteiger partial charge is 0.378 e. The zero-order chi connectivity index (χ0) is 36.3. The number of benzene rings is 7. The maximum Gasteiger partial charge on any atom is 0.0541 e. The average molecular weight is 686 g/mol. The van der Waals surface area contributed by atoms with Crippen LogP contribution in [0.25, 0.3) is 66.3 Å². The van der Waals surface area contributed by atoms with Gasteiger partial charge in [0.15, 0.2) is 0 Å². The van der Waals surface area contributed by atoms with Crippen LogP contribution in [0.4, 0.5) is 0 Å². The lowest BCUT2D eigenvalue weighted by Gasteiger charge is -2.22. The van der Waals surface area contributed by atoms with Crippen LogP contribution in [0.2, 0.25) is 0 Å². The Morgan fingerprint density at radius 1 is 0.491 bits per heavy atom. The second kappa shape index (κ2) is 14.6. The van der Waals surface area contributed by atoms with Crippen LogP contribution in [0.5, 0.6) is 0 Å². The van der Waals surface area contributed by atoms with E-state index in [0.717, 1.165) is 33.8 Å². The molecule has 0 aliphatic rings. The molecule has 2 heterocycles. The summed E-state index contributed by atoms with van der Waals surface area (Å²) in [5.74, 6) is 0. The van der Waals surface area contributed by atoms with Crippen molar-refractivity contribution in [3.63, 3.8) is 0 Å². The highest BCUT2D eigenvalue weighted by Gasteiger charge is 2.19. The highest BCUT2D eigenvalue weighted by Crippen LogP contribution is 2.37. The molecule has 53 heavy (non-hydrogen) atoms. The maximum atomic E-state index is 4.55. The number of hydrogen-bond acceptors (Lipinski definition) is 1. The Balaban J connectivity index is 0.00000197. The van der Waals surface area contributed by atoms with Crippen LogP contribution >= 0.6 is 0 Å². The molecule has 0 aliphatic carbocycles. The van der Waals surface area contributed by atoms with Gasteiger partial charge in [-0.25, -0.2) is 0 Å². The molecule has 0 spiro atoms. The minimum absolute atomic E-state index is 0.0506. The Bertz CT molecular complexity index is 2510. The molecule has 1 N–H and O–H groups in total. The van der Waals surface area contributed by atoms with E-state index in [1.807, 2.05) is 19.9 Å². The molecule has 258 valence electrons. The van der Waals surface area contributed by atoms with E-state index in [4.69, 9.17) is 0 Å². The van der Waals surface area contributed by atoms with Gasteiger partial charge in [-0.1, -0.05) is 154 Å². The molecule has 9 aromatic rings. The number of rotatable bonds is 8. The number of para-hydroxylation sites is 4. The van der Waals surface area contributed by atoms with E-state index in [-0.39, 0.29) is 6.04 Å². The van der Waals surface area contributed by atoms with Crippen LogP contribution in [-0.4, -0.2) is 9.13 Å². The molecule has 0 saturated carbocycles. The molecular weight excluding hydrogens is 643 g/mol. The number of nitrogens with zero attached hydrogens (tertiary/aromatic N) is 2. The summed E-state index contributed by atoms with van der Waals surface area (Å²) < 4.78 is 4.83. The second-order valence-electron chi connectivity index (χ2n) is 13.2. The van der Waals surface area contributed by atoms with Crippen molar-refractivity contribution < 1.29 is 0 Å². The van der Waals surface area contributed by atoms with Crippen molar-refractivity contribution in [3.05, 3.63) is 205 Å². The summed E-state index contributed by atoms with van der Waals surface area (Å²) in [5.41, 5.74) is 12.2. The fraction of sp³-hybridized carbons (Fsp3) is 0.0800. The molecule has 0 amide bonds. The van der Waals surface area contributed by atoms with Crippen molar-refractivity contribution >= 4 is 54.9 Å². The van der Waals surface area contributed by atoms with E-state index in [1.54, 1.807) is 0 Å². The number of fused-ring (bicyclic) bond motifs is 6. The number of hydrogen-bond donors (Lipinski definition) is 1. The Labute approximate surface area is 311 Å². The molecule has 0 saturated heterocycles. The molecule has 2 aromatic heterocycles. The van der Waals surface area contributed by atoms with Gasteiger partial charge in [0.25, 0.3) is 0 Å². The van der Waals surface area contributed by atoms with Crippen molar-refractivity contribution in [2.75, 3.05) is 0 Å². The van der Waals surface area contributed by atoms with Gasteiger partial charge in [-0.15, -0.1) is 0 Å². The molecule has 7 aromatic carbocycles. The van der Waals surface area contributed by atoms with E-state index in [0.29, 0.717) is 0 Å². The topological polar surface area (TPSA) is 21.9 Å². The third-order valence-corrected chi connectivity index (χ3v) is 10.0. The second-order valence-corrected chi connectivity index (χ2v) is 13.2. The SMILES string of the molecule is C=C(/C=C(\NC(C)c1ccccc1)c1cc(-n2c3ccccc3c3ccccc32)cc(-n2c3ccccc3c3ccccc32)c1)c1ccccc1.CC. The van der Waals surface area contributed by atoms with Gasteiger partial charge in [0.05, 0.1) is 22.1 Å². The first-order valence-corrected chi connectivity index (χ1v) is 18.5. The molecular formula is C50H43N3. The summed E-state index contributed by atoms with van der Waals surface area (Å²) in [6, 6.07) is 62.9. The van der Waals surface area contributed by atoms with E-state index in [2.05, 4.69) is 204 Å². The molecule has 1 unspecified atom stereocenters. The smallest absolute Gasteiger partial charge is 0.0541 e. The summed E-state index contributed by atoms with van der Waals surface area (Å²) in [7, 11) is 0. The average Bonchev–Trinajstić information content (AvgIpc) is 3.75. The summed E-state index contributed by atoms with van der Waals surface area (Å²) in [6.45, 7) is 10.8. The zero-order valence-corrected chi connectivity index (χ0v) is 30.5. The predicted octanol–water partition coefficient (Wildman–Crippen LogP) is 13.3. The normalized spacial score (nSPS) is 12.2. The molecule has 0 fully saturated rings. The molecule has 0 aliphatic heterocycles. The van der Waals surface area contributed by atoms with Crippen molar-refractivity contribution in [1.82, 2.24) is 14.5 Å². The number of allylic oxidation sites excluding steroid dienone is 2. The summed E-state index contributed by atoms with van der Waals surface area (Å²) >= 11 is 0. The molecule has 1 atom stereocenters. The highest BCUT2D eigenvalue weighted by atomic mass is 15.0. The Kier molecular flexibility index (Phi) is 9.23. The van der Waals surface area contributed by atoms with E-state index < -0.39 is 0 Å². The van der Waals surface area contributed by atoms with Crippen molar-refractivity contribution in [1.29, 1.82) is 0 Å². The standard InChI is InChI=1S/C48H37N3.C2H6/c1-33(35-17-5-3-6-18-35)29-44(49-34(2)36-19-7-4-8-20-36)37-30-38(50-45-25-13-9-21-40(45)41-22-10-14-26-46(41)50)32-39(31-37)51-47-27-15-11-23-42(47)43-24-12-16-28-48(43)51;1-2/h3-32,34,49H,1H2,2H3;1-2H3/b44-29-;. The summed E-state index contributed by atoms with van der Waals surface area (Å²) in [4.78, 5) is 0. The van der Waals surface area contributed by atoms with Crippen molar-refractivity contribution in [3.8, 4) is 11.4 Å². The Hall–Kier alpha value is -6.58. The predicted molar refractivity (Wildman–Crippen MR) is 228 cm³/mol. The van der Waals surface area contributed by atoms with Crippen LogP contribution in [0.15, 0.2) is 189 Å². The van der Waals surface area contributed by atoms with Gasteiger partial charge in [0.2, 0.25) is 0 Å². The summed E-state index contributed by atoms with van der Waals surface area (Å²) in [5, 5.41) is 8.87. The van der Waals surface area contributed by atoms with Gasteiger partial charge in [-0.05, 0) is 72.2 Å². The minimum Gasteiger partial charge on any atom is -0.378 e. The van der Waals surface area contributed by atoms with Crippen molar-refractivity contribution in [2.45, 2.75) is 26.8 Å². The van der Waals surface area contributed by atoms with Crippen LogP contribution < -0.4 is 5.32 Å². The van der Waals surface area contributed by atoms with E-state index in [1.165, 1.54) is 49.2 Å². The van der Waals surface area contributed by atoms with E-state index >= 15 is 0 Å². The van der Waals surface area contributed by atoms with Crippen LogP contribution in [0, 0.1) is 0 Å². The Morgan fingerprint density at radius 3 is 1.30 bits per heavy atom. The molecule has 9 rings (SSSR count). The van der Waals surface area contributed by atoms with Gasteiger partial charge in [-0.3, -0.25) is 0 Å². The first-order valence-electron chi connectivity index (χ1n) is 18.5. The first-order chi connectivity index (χ1) is 26.1. The maximum absolute atomic E-state index is 4.55. The quantitative estimate of drug-likeness (QED) is 0.158. The van der Waals surface area contributed by atoms with Gasteiger partial charge >= 0.3 is 0 Å². The third kappa shape index (κ3) is 6.21. The van der Waals surface area contributed by atoms with Crippen LogP contribution in [0.3, 0.4) is 0 Å². The van der Waals surface area contributed by atoms with Gasteiger partial charge < -0.3 is 14.5 Å². The fourth-order valence-corrected chi connectivity index (χ4v) is 7.59. The zero-order valence-electron chi connectivity index (χ0n) is 30.5. The van der Waals surface area contributed by atoms with Crippen LogP contribution in [0.1, 0.15) is 43.5 Å². The molecule has 3 nitrogen and oxygen atoms in total. The van der Waals surface area contributed by atoms with E-state index in [9.17, 15) is 0 Å². The lowest BCUT2D eigenvalue weighted by molar-refractivity contribution is 0.701. The Morgan fingerprint density at radius 2 is 0.868 bits per heavy atom. The highest BCUT2D eigenvalue weighted by molar-refractivity contribution is 6.10. The lowest BCUT2D eigenvalue weighted by atomic mass is 10.0. The first kappa shape index (κ1) is 33.6. The monoisotopic (exact) mass is 685 g/mol. The molecule has 0 bridgehead atoms. The van der Waals surface area contributed by atoms with Gasteiger partial charge in [-0.2, -0.15) is 0 Å². The molecule has 3 heteroatoms. The number of nitrogens with one attached hydrogen (secondary N) is 1. The summed E-state index contributed by atoms with van der Waals surface area (Å²) in [6.07, 6.45) is 2.20. The third-order valence-electron chi connectivity index (χ3n) is 10.0. The molecule has 0 radical (unpaired) electrons. The lowest BCUT2D eigenvalue weighted by Crippen LogP contribution is -2.18. The number of aromatic nitrogens is 2. The van der Waals surface area contributed by atoms with Gasteiger partial charge in [0.1, 0.15) is 0 Å². The fourth-order valence-electron chi connectivity index (χ4n) is 7.59. The van der Waals surface area contributed by atoms with Gasteiger partial charge in [0, 0.05) is 50.2 Å². The van der Waals surface area contributed by atoms with Crippen LogP contribution in [-0.2, 0) is 0 Å². The van der Waals surface area contributed by atoms with Crippen molar-refractivity contribution in [2.24, 2.45) is 0 Å². The minimum atomic E-state index is 0.0506.